The van der Waals surface area contributed by atoms with Crippen molar-refractivity contribution in [2.24, 2.45) is 0 Å². The van der Waals surface area contributed by atoms with Crippen molar-refractivity contribution in [2.75, 3.05) is 19.7 Å². The molecule has 2 N–H and O–H groups in total. The first-order valence-electron chi connectivity index (χ1n) is 6.47. The molecule has 0 fully saturated rings. The van der Waals surface area contributed by atoms with Crippen LogP contribution in [0.2, 0.25) is 0 Å². The van der Waals surface area contributed by atoms with Gasteiger partial charge in [-0.2, -0.15) is 0 Å². The molecule has 20 heavy (non-hydrogen) atoms. The van der Waals surface area contributed by atoms with Crippen molar-refractivity contribution in [1.82, 2.24) is 10.6 Å². The third-order valence-electron chi connectivity index (χ3n) is 2.58. The van der Waals surface area contributed by atoms with Gasteiger partial charge in [0.25, 0.3) is 5.91 Å². The molecular weight excluding hydrogens is 324 g/mol. The number of amides is 2. The minimum Gasteiger partial charge on any atom is -0.369 e. The molecule has 0 heterocycles. The summed E-state index contributed by atoms with van der Waals surface area (Å²) in [4.78, 5) is 23.3. The maximum Gasteiger partial charge on any atom is 0.251 e. The van der Waals surface area contributed by atoms with Crippen LogP contribution in [0, 0.1) is 0 Å². The van der Waals surface area contributed by atoms with Crippen molar-refractivity contribution in [3.05, 3.63) is 34.3 Å². The zero-order chi connectivity index (χ0) is 15.0. The first-order chi connectivity index (χ1) is 9.54. The fourth-order valence-electron chi connectivity index (χ4n) is 1.56. The van der Waals surface area contributed by atoms with Gasteiger partial charge in [0.15, 0.2) is 0 Å². The highest BCUT2D eigenvalue weighted by atomic mass is 79.9. The molecule has 0 aliphatic heterocycles. The maximum absolute atomic E-state index is 11.8. The molecule has 1 atom stereocenters. The van der Waals surface area contributed by atoms with E-state index >= 15 is 0 Å². The Morgan fingerprint density at radius 1 is 1.30 bits per heavy atom. The van der Waals surface area contributed by atoms with E-state index in [0.717, 1.165) is 4.47 Å². The van der Waals surface area contributed by atoms with Gasteiger partial charge in [0, 0.05) is 29.7 Å². The molecule has 0 saturated heterocycles. The second-order valence-corrected chi connectivity index (χ2v) is 5.07. The van der Waals surface area contributed by atoms with E-state index in [1.54, 1.807) is 25.1 Å². The van der Waals surface area contributed by atoms with Crippen LogP contribution in [0.25, 0.3) is 0 Å². The topological polar surface area (TPSA) is 67.4 Å². The number of hydrogen-bond donors (Lipinski definition) is 2. The summed E-state index contributed by atoms with van der Waals surface area (Å²) < 4.78 is 6.01. The molecule has 0 saturated carbocycles. The Kier molecular flexibility index (Phi) is 7.25. The molecule has 110 valence electrons. The summed E-state index contributed by atoms with van der Waals surface area (Å²) in [6, 6.07) is 7.12. The monoisotopic (exact) mass is 342 g/mol. The highest BCUT2D eigenvalue weighted by Gasteiger charge is 2.11. The number of benzene rings is 1. The standard InChI is InChI=1S/C14H19BrN2O3/c1-3-20-10(2)13(18)16-7-8-17-14(19)11-5-4-6-12(15)9-11/h4-6,9-10H,3,7-8H2,1-2H3,(H,16,18)(H,17,19)/t10-/m0/s1. The Bertz CT molecular complexity index is 465. The van der Waals surface area contributed by atoms with Gasteiger partial charge in [0.1, 0.15) is 6.10 Å². The van der Waals surface area contributed by atoms with E-state index in [9.17, 15) is 9.59 Å². The summed E-state index contributed by atoms with van der Waals surface area (Å²) in [5.74, 6) is -0.345. The van der Waals surface area contributed by atoms with E-state index in [1.165, 1.54) is 0 Å². The van der Waals surface area contributed by atoms with Crippen LogP contribution in [-0.2, 0) is 9.53 Å². The van der Waals surface area contributed by atoms with Crippen LogP contribution in [0.1, 0.15) is 24.2 Å². The van der Waals surface area contributed by atoms with Gasteiger partial charge in [-0.3, -0.25) is 9.59 Å². The number of halogens is 1. The second-order valence-electron chi connectivity index (χ2n) is 4.15. The minimum atomic E-state index is -0.471. The number of ether oxygens (including phenoxy) is 1. The van der Waals surface area contributed by atoms with E-state index in [0.29, 0.717) is 25.3 Å². The van der Waals surface area contributed by atoms with Crippen LogP contribution < -0.4 is 10.6 Å². The van der Waals surface area contributed by atoms with Gasteiger partial charge in [0.2, 0.25) is 5.91 Å². The van der Waals surface area contributed by atoms with Gasteiger partial charge in [-0.05, 0) is 32.0 Å². The molecule has 0 bridgehead atoms. The Hall–Kier alpha value is -1.40. The lowest BCUT2D eigenvalue weighted by atomic mass is 10.2. The molecule has 0 radical (unpaired) electrons. The number of rotatable bonds is 7. The van der Waals surface area contributed by atoms with Crippen LogP contribution in [0.3, 0.4) is 0 Å². The molecule has 2 amide bonds. The second kappa shape index (κ2) is 8.71. The summed E-state index contributed by atoms with van der Waals surface area (Å²) in [6.07, 6.45) is -0.471. The molecular formula is C14H19BrN2O3. The van der Waals surface area contributed by atoms with E-state index in [1.807, 2.05) is 13.0 Å². The lowest BCUT2D eigenvalue weighted by Crippen LogP contribution is -2.39. The highest BCUT2D eigenvalue weighted by molar-refractivity contribution is 9.10. The van der Waals surface area contributed by atoms with E-state index < -0.39 is 6.10 Å². The van der Waals surface area contributed by atoms with Crippen molar-refractivity contribution >= 4 is 27.7 Å². The summed E-state index contributed by atoms with van der Waals surface area (Å²) in [6.45, 7) is 4.76. The van der Waals surface area contributed by atoms with Gasteiger partial charge in [-0.25, -0.2) is 0 Å². The number of nitrogens with one attached hydrogen (secondary N) is 2. The summed E-state index contributed by atoms with van der Waals surface area (Å²) in [7, 11) is 0. The Morgan fingerprint density at radius 2 is 2.00 bits per heavy atom. The van der Waals surface area contributed by atoms with Gasteiger partial charge in [-0.1, -0.05) is 22.0 Å². The third-order valence-corrected chi connectivity index (χ3v) is 3.08. The minimum absolute atomic E-state index is 0.168. The smallest absolute Gasteiger partial charge is 0.251 e. The zero-order valence-corrected chi connectivity index (χ0v) is 13.2. The molecule has 0 unspecified atom stereocenters. The van der Waals surface area contributed by atoms with Crippen molar-refractivity contribution in [2.45, 2.75) is 20.0 Å². The van der Waals surface area contributed by atoms with Gasteiger partial charge >= 0.3 is 0 Å². The van der Waals surface area contributed by atoms with Gasteiger partial charge in [-0.15, -0.1) is 0 Å². The number of carbonyl (C=O) groups is 2. The molecule has 0 aliphatic carbocycles. The predicted octanol–water partition coefficient (Wildman–Crippen LogP) is 1.72. The van der Waals surface area contributed by atoms with E-state index in [4.69, 9.17) is 4.74 Å². The quantitative estimate of drug-likeness (QED) is 0.741. The maximum atomic E-state index is 11.8. The fraction of sp³-hybridized carbons (Fsp3) is 0.429. The Labute approximate surface area is 127 Å². The molecule has 1 aromatic rings. The average molecular weight is 343 g/mol. The van der Waals surface area contributed by atoms with Crippen molar-refractivity contribution in [3.8, 4) is 0 Å². The van der Waals surface area contributed by atoms with Gasteiger partial charge in [0.05, 0.1) is 0 Å². The molecule has 0 aliphatic rings. The molecule has 5 nitrogen and oxygen atoms in total. The Balaban J connectivity index is 2.27. The molecule has 0 spiro atoms. The van der Waals surface area contributed by atoms with Crippen LogP contribution >= 0.6 is 15.9 Å². The van der Waals surface area contributed by atoms with Crippen LogP contribution in [-0.4, -0.2) is 37.6 Å². The van der Waals surface area contributed by atoms with Crippen molar-refractivity contribution < 1.29 is 14.3 Å². The largest absolute Gasteiger partial charge is 0.369 e. The normalized spacial score (nSPS) is 11.8. The molecule has 1 rings (SSSR count). The molecule has 0 aromatic heterocycles. The molecule has 1 aromatic carbocycles. The molecule has 6 heteroatoms. The van der Waals surface area contributed by atoms with E-state index in [2.05, 4.69) is 26.6 Å². The SMILES string of the molecule is CCO[C@@H](C)C(=O)NCCNC(=O)c1cccc(Br)c1. The van der Waals surface area contributed by atoms with Crippen LogP contribution in [0.5, 0.6) is 0 Å². The number of hydrogen-bond acceptors (Lipinski definition) is 3. The van der Waals surface area contributed by atoms with Gasteiger partial charge < -0.3 is 15.4 Å². The van der Waals surface area contributed by atoms with Crippen LogP contribution in [0.15, 0.2) is 28.7 Å². The predicted molar refractivity (Wildman–Crippen MR) is 80.6 cm³/mol. The third kappa shape index (κ3) is 5.71. The van der Waals surface area contributed by atoms with Crippen molar-refractivity contribution in [3.63, 3.8) is 0 Å². The Morgan fingerprint density at radius 3 is 2.65 bits per heavy atom. The summed E-state index contributed by atoms with van der Waals surface area (Å²) >= 11 is 3.31. The van der Waals surface area contributed by atoms with Crippen LogP contribution in [0.4, 0.5) is 0 Å². The first kappa shape index (κ1) is 16.7. The van der Waals surface area contributed by atoms with Crippen molar-refractivity contribution in [1.29, 1.82) is 0 Å². The zero-order valence-electron chi connectivity index (χ0n) is 11.6. The fourth-order valence-corrected chi connectivity index (χ4v) is 1.96. The first-order valence-corrected chi connectivity index (χ1v) is 7.27. The lowest BCUT2D eigenvalue weighted by molar-refractivity contribution is -0.131. The van der Waals surface area contributed by atoms with E-state index in [-0.39, 0.29) is 11.8 Å². The number of carbonyl (C=O) groups excluding carboxylic acids is 2. The summed E-state index contributed by atoms with van der Waals surface area (Å²) in [5.41, 5.74) is 0.577. The average Bonchev–Trinajstić information content (AvgIpc) is 2.43. The highest BCUT2D eigenvalue weighted by Crippen LogP contribution is 2.11. The lowest BCUT2D eigenvalue weighted by Gasteiger charge is -2.12. The summed E-state index contributed by atoms with van der Waals surface area (Å²) in [5, 5.41) is 5.43.